The number of thioether (sulfide) groups is 1. The van der Waals surface area contributed by atoms with E-state index < -0.39 is 4.92 Å². The van der Waals surface area contributed by atoms with Crippen LogP contribution in [-0.4, -0.2) is 28.0 Å². The number of nitro benzene ring substituents is 1. The third-order valence-corrected chi connectivity index (χ3v) is 6.25. The number of aryl methyl sites for hydroxylation is 2. The molecule has 1 aromatic heterocycles. The first-order valence-electron chi connectivity index (χ1n) is 7.21. The molecule has 7 heteroatoms. The second-order valence-corrected chi connectivity index (χ2v) is 7.94. The minimum atomic E-state index is -0.440. The molecule has 2 aromatic rings. The van der Waals surface area contributed by atoms with E-state index in [2.05, 4.69) is 12.1 Å². The first-order valence-corrected chi connectivity index (χ1v) is 9.08. The minimum Gasteiger partial charge on any atom is -0.321 e. The summed E-state index contributed by atoms with van der Waals surface area (Å²) in [6.45, 7) is 4.38. The first-order chi connectivity index (χ1) is 11.0. The Hall–Kier alpha value is -1.86. The van der Waals surface area contributed by atoms with E-state index in [1.165, 1.54) is 10.9 Å². The molecule has 1 atom stereocenters. The molecule has 1 aliphatic heterocycles. The quantitative estimate of drug-likeness (QED) is 0.617. The lowest BCUT2D eigenvalue weighted by atomic mass is 10.1. The maximum atomic E-state index is 12.8. The van der Waals surface area contributed by atoms with Gasteiger partial charge in [-0.3, -0.25) is 14.9 Å². The van der Waals surface area contributed by atoms with Crippen LogP contribution in [0.15, 0.2) is 30.3 Å². The Balaban J connectivity index is 1.90. The largest absolute Gasteiger partial charge is 0.321 e. The third-order valence-electron chi connectivity index (χ3n) is 3.81. The van der Waals surface area contributed by atoms with Crippen molar-refractivity contribution >= 4 is 34.7 Å². The third kappa shape index (κ3) is 3.11. The van der Waals surface area contributed by atoms with Crippen LogP contribution in [0.4, 0.5) is 5.69 Å². The van der Waals surface area contributed by atoms with Crippen LogP contribution in [0.25, 0.3) is 0 Å². The second kappa shape index (κ2) is 6.33. The molecular formula is C16H16N2O3S2. The van der Waals surface area contributed by atoms with Gasteiger partial charge in [0.05, 0.1) is 4.92 Å². The fraction of sp³-hybridized carbons (Fsp3) is 0.312. The van der Waals surface area contributed by atoms with Crippen molar-refractivity contribution in [1.29, 1.82) is 0 Å². The molecule has 0 bridgehead atoms. The number of carbonyl (C=O) groups excluding carboxylic acids is 1. The van der Waals surface area contributed by atoms with E-state index in [9.17, 15) is 14.9 Å². The van der Waals surface area contributed by atoms with Crippen molar-refractivity contribution < 1.29 is 9.72 Å². The second-order valence-electron chi connectivity index (χ2n) is 5.43. The topological polar surface area (TPSA) is 63.5 Å². The van der Waals surface area contributed by atoms with E-state index in [1.54, 1.807) is 42.2 Å². The van der Waals surface area contributed by atoms with Gasteiger partial charge in [-0.15, -0.1) is 23.1 Å². The Morgan fingerprint density at radius 3 is 2.74 bits per heavy atom. The zero-order chi connectivity index (χ0) is 16.6. The van der Waals surface area contributed by atoms with Crippen LogP contribution in [0.5, 0.6) is 0 Å². The highest BCUT2D eigenvalue weighted by Gasteiger charge is 2.32. The van der Waals surface area contributed by atoms with E-state index in [4.69, 9.17) is 0 Å². The molecule has 1 aromatic carbocycles. The maximum absolute atomic E-state index is 12.8. The van der Waals surface area contributed by atoms with E-state index in [-0.39, 0.29) is 17.0 Å². The highest BCUT2D eigenvalue weighted by molar-refractivity contribution is 7.99. The standard InChI is InChI=1S/C16H16N2O3S2/c1-10-3-5-12(9-13(10)18(20)21)15(19)17-7-8-22-16(17)14-6-4-11(2)23-14/h3-6,9,16H,7-8H2,1-2H3/t16-/m1/s1. The van der Waals surface area contributed by atoms with Crippen molar-refractivity contribution in [2.75, 3.05) is 12.3 Å². The molecule has 1 aliphatic rings. The Morgan fingerprint density at radius 2 is 2.09 bits per heavy atom. The van der Waals surface area contributed by atoms with Gasteiger partial charge < -0.3 is 4.90 Å². The molecule has 0 N–H and O–H groups in total. The van der Waals surface area contributed by atoms with Crippen LogP contribution in [0.3, 0.4) is 0 Å². The van der Waals surface area contributed by atoms with Gasteiger partial charge in [0.15, 0.2) is 0 Å². The summed E-state index contributed by atoms with van der Waals surface area (Å²) in [6, 6.07) is 8.81. The SMILES string of the molecule is Cc1ccc([C@H]2SCCN2C(=O)c2ccc(C)c([N+](=O)[O-])c2)s1. The maximum Gasteiger partial charge on any atom is 0.273 e. The highest BCUT2D eigenvalue weighted by Crippen LogP contribution is 2.41. The molecule has 3 rings (SSSR count). The zero-order valence-corrected chi connectivity index (χ0v) is 14.4. The van der Waals surface area contributed by atoms with Gasteiger partial charge in [-0.2, -0.15) is 0 Å². The van der Waals surface area contributed by atoms with Crippen LogP contribution >= 0.6 is 23.1 Å². The number of amides is 1. The lowest BCUT2D eigenvalue weighted by Gasteiger charge is -2.23. The average molecular weight is 348 g/mol. The van der Waals surface area contributed by atoms with Gasteiger partial charge in [-0.1, -0.05) is 6.07 Å². The predicted molar refractivity (Wildman–Crippen MR) is 93.1 cm³/mol. The van der Waals surface area contributed by atoms with Crippen molar-refractivity contribution in [1.82, 2.24) is 4.90 Å². The van der Waals surface area contributed by atoms with Gasteiger partial charge in [-0.05, 0) is 32.0 Å². The number of nitro groups is 1. The molecule has 1 amide bonds. The number of nitrogens with zero attached hydrogens (tertiary/aromatic N) is 2. The lowest BCUT2D eigenvalue weighted by Crippen LogP contribution is -2.30. The molecule has 1 fully saturated rings. The van der Waals surface area contributed by atoms with Crippen molar-refractivity contribution in [3.8, 4) is 0 Å². The summed E-state index contributed by atoms with van der Waals surface area (Å²) in [6.07, 6.45) is 0. The number of hydrogen-bond donors (Lipinski definition) is 0. The molecule has 2 heterocycles. The van der Waals surface area contributed by atoms with Gasteiger partial charge in [-0.25, -0.2) is 0 Å². The predicted octanol–water partition coefficient (Wildman–Crippen LogP) is 4.16. The van der Waals surface area contributed by atoms with Crippen molar-refractivity contribution in [2.24, 2.45) is 0 Å². The number of thiophene rings is 1. The fourth-order valence-electron chi connectivity index (χ4n) is 2.60. The van der Waals surface area contributed by atoms with Crippen LogP contribution in [-0.2, 0) is 0 Å². The van der Waals surface area contributed by atoms with Crippen LogP contribution in [0.1, 0.15) is 31.0 Å². The van der Waals surface area contributed by atoms with Gasteiger partial charge in [0.1, 0.15) is 5.37 Å². The van der Waals surface area contributed by atoms with Crippen molar-refractivity contribution in [3.63, 3.8) is 0 Å². The lowest BCUT2D eigenvalue weighted by molar-refractivity contribution is -0.385. The number of rotatable bonds is 3. The normalized spacial score (nSPS) is 17.5. The molecule has 23 heavy (non-hydrogen) atoms. The first kappa shape index (κ1) is 16.0. The molecule has 0 radical (unpaired) electrons. The molecule has 0 aliphatic carbocycles. The summed E-state index contributed by atoms with van der Waals surface area (Å²) in [5.41, 5.74) is 0.932. The van der Waals surface area contributed by atoms with Gasteiger partial charge in [0, 0.05) is 39.2 Å². The van der Waals surface area contributed by atoms with Crippen LogP contribution < -0.4 is 0 Å². The molecule has 5 nitrogen and oxygen atoms in total. The smallest absolute Gasteiger partial charge is 0.273 e. The van der Waals surface area contributed by atoms with E-state index in [1.807, 2.05) is 11.8 Å². The van der Waals surface area contributed by atoms with E-state index in [0.29, 0.717) is 17.7 Å². The van der Waals surface area contributed by atoms with Crippen molar-refractivity contribution in [2.45, 2.75) is 19.2 Å². The molecular weight excluding hydrogens is 332 g/mol. The average Bonchev–Trinajstić information content (AvgIpc) is 3.15. The summed E-state index contributed by atoms with van der Waals surface area (Å²) >= 11 is 3.42. The highest BCUT2D eigenvalue weighted by atomic mass is 32.2. The van der Waals surface area contributed by atoms with E-state index >= 15 is 0 Å². The zero-order valence-electron chi connectivity index (χ0n) is 12.8. The summed E-state index contributed by atoms with van der Waals surface area (Å²) in [5.74, 6) is 0.732. The molecule has 0 saturated carbocycles. The van der Waals surface area contributed by atoms with Crippen LogP contribution in [0, 0.1) is 24.0 Å². The Bertz CT molecular complexity index is 772. The monoisotopic (exact) mass is 348 g/mol. The number of carbonyl (C=O) groups is 1. The van der Waals surface area contributed by atoms with E-state index in [0.717, 1.165) is 10.6 Å². The summed E-state index contributed by atoms with van der Waals surface area (Å²) < 4.78 is 0. The van der Waals surface area contributed by atoms with Gasteiger partial charge in [0.2, 0.25) is 0 Å². The van der Waals surface area contributed by atoms with Crippen LogP contribution in [0.2, 0.25) is 0 Å². The van der Waals surface area contributed by atoms with Gasteiger partial charge in [0.25, 0.3) is 11.6 Å². The number of hydrogen-bond acceptors (Lipinski definition) is 5. The molecule has 1 saturated heterocycles. The Labute approximate surface area is 142 Å². The Morgan fingerprint density at radius 1 is 1.30 bits per heavy atom. The summed E-state index contributed by atoms with van der Waals surface area (Å²) in [4.78, 5) is 27.6. The summed E-state index contributed by atoms with van der Waals surface area (Å²) in [7, 11) is 0. The Kier molecular flexibility index (Phi) is 4.41. The van der Waals surface area contributed by atoms with Crippen molar-refractivity contribution in [3.05, 3.63) is 61.3 Å². The molecule has 120 valence electrons. The summed E-state index contributed by atoms with van der Waals surface area (Å²) in [5, 5.41) is 11.1. The minimum absolute atomic E-state index is 0.00144. The number of benzene rings is 1. The fourth-order valence-corrected chi connectivity index (χ4v) is 4.97. The van der Waals surface area contributed by atoms with Gasteiger partial charge >= 0.3 is 0 Å². The molecule has 0 spiro atoms. The molecule has 0 unspecified atom stereocenters.